The average Bonchev–Trinajstić information content (AvgIpc) is 2.77. The highest BCUT2D eigenvalue weighted by molar-refractivity contribution is 6.30. The van der Waals surface area contributed by atoms with Crippen LogP contribution in [0.5, 0.6) is 5.75 Å². The van der Waals surface area contributed by atoms with E-state index in [9.17, 15) is 9.59 Å². The summed E-state index contributed by atoms with van der Waals surface area (Å²) in [6.45, 7) is 5.95. The first-order valence-corrected chi connectivity index (χ1v) is 7.29. The molecule has 0 saturated heterocycles. The van der Waals surface area contributed by atoms with Crippen LogP contribution >= 0.6 is 0 Å². The maximum Gasteiger partial charge on any atom is 0.179 e. The van der Waals surface area contributed by atoms with Gasteiger partial charge in [-0.1, -0.05) is 24.3 Å². The first kappa shape index (κ1) is 14.5. The molecule has 0 fully saturated rings. The van der Waals surface area contributed by atoms with Crippen molar-refractivity contribution in [2.24, 2.45) is 0 Å². The minimum atomic E-state index is -0.786. The van der Waals surface area contributed by atoms with Crippen molar-refractivity contribution in [2.75, 3.05) is 7.11 Å². The number of carbonyl (C=O) groups excluding carboxylic acids is 2. The van der Waals surface area contributed by atoms with Gasteiger partial charge in [-0.25, -0.2) is 0 Å². The van der Waals surface area contributed by atoms with E-state index in [4.69, 9.17) is 4.74 Å². The van der Waals surface area contributed by atoms with Gasteiger partial charge in [-0.2, -0.15) is 0 Å². The SMILES string of the molecule is COc1cc(C)c(C)c(C)c1C1C(=O)c2ccccc2C1=O. The van der Waals surface area contributed by atoms with Gasteiger partial charge in [0.1, 0.15) is 11.7 Å². The van der Waals surface area contributed by atoms with Crippen molar-refractivity contribution in [1.29, 1.82) is 0 Å². The molecule has 112 valence electrons. The zero-order chi connectivity index (χ0) is 16.0. The molecule has 0 N–H and O–H groups in total. The number of ether oxygens (including phenoxy) is 1. The third-order valence-corrected chi connectivity index (χ3v) is 4.66. The van der Waals surface area contributed by atoms with Crippen molar-refractivity contribution >= 4 is 11.6 Å². The predicted molar refractivity (Wildman–Crippen MR) is 85.0 cm³/mol. The van der Waals surface area contributed by atoms with E-state index in [1.807, 2.05) is 26.8 Å². The Morgan fingerprint density at radius 1 is 0.909 bits per heavy atom. The molecule has 0 bridgehead atoms. The van der Waals surface area contributed by atoms with E-state index in [0.717, 1.165) is 16.7 Å². The summed E-state index contributed by atoms with van der Waals surface area (Å²) in [6.07, 6.45) is 0. The molecule has 0 spiro atoms. The molecule has 0 radical (unpaired) electrons. The number of hydrogen-bond acceptors (Lipinski definition) is 3. The summed E-state index contributed by atoms with van der Waals surface area (Å²) in [4.78, 5) is 25.5. The Kier molecular flexibility index (Phi) is 3.36. The van der Waals surface area contributed by atoms with Gasteiger partial charge in [0.15, 0.2) is 11.6 Å². The van der Waals surface area contributed by atoms with E-state index >= 15 is 0 Å². The van der Waals surface area contributed by atoms with Crippen LogP contribution < -0.4 is 4.74 Å². The number of benzene rings is 2. The highest BCUT2D eigenvalue weighted by Gasteiger charge is 2.41. The van der Waals surface area contributed by atoms with Gasteiger partial charge in [-0.15, -0.1) is 0 Å². The molecule has 0 saturated carbocycles. The lowest BCUT2D eigenvalue weighted by Gasteiger charge is -2.19. The fourth-order valence-electron chi connectivity index (χ4n) is 3.20. The van der Waals surface area contributed by atoms with E-state index in [1.165, 1.54) is 0 Å². The molecule has 0 aliphatic heterocycles. The quantitative estimate of drug-likeness (QED) is 0.792. The molecule has 2 aromatic rings. The van der Waals surface area contributed by atoms with Gasteiger partial charge in [-0.3, -0.25) is 9.59 Å². The highest BCUT2D eigenvalue weighted by Crippen LogP contribution is 2.41. The normalized spacial score (nSPS) is 14.4. The second-order valence-electron chi connectivity index (χ2n) is 5.77. The standard InChI is InChI=1S/C19H18O3/c1-10-9-15(22-4)16(12(3)11(10)2)17-18(20)13-7-5-6-8-14(13)19(17)21/h5-9,17H,1-4H3. The fraction of sp³-hybridized carbons (Fsp3) is 0.263. The van der Waals surface area contributed by atoms with Crippen molar-refractivity contribution in [3.05, 3.63) is 63.7 Å². The molecule has 0 aromatic heterocycles. The van der Waals surface area contributed by atoms with Crippen LogP contribution in [-0.4, -0.2) is 18.7 Å². The number of methoxy groups -OCH3 is 1. The maximum atomic E-state index is 12.7. The Balaban J connectivity index is 2.24. The van der Waals surface area contributed by atoms with Crippen LogP contribution in [0.3, 0.4) is 0 Å². The summed E-state index contributed by atoms with van der Waals surface area (Å²) < 4.78 is 5.47. The smallest absolute Gasteiger partial charge is 0.179 e. The molecule has 0 unspecified atom stereocenters. The first-order valence-electron chi connectivity index (χ1n) is 7.29. The summed E-state index contributed by atoms with van der Waals surface area (Å²) in [6, 6.07) is 8.92. The number of Topliss-reactive ketones (excluding diaryl/α,β-unsaturated/α-hetero) is 2. The molecule has 1 aliphatic rings. The first-order chi connectivity index (χ1) is 10.5. The van der Waals surface area contributed by atoms with Gasteiger partial charge in [0.25, 0.3) is 0 Å². The van der Waals surface area contributed by atoms with Gasteiger partial charge in [-0.05, 0) is 43.5 Å². The predicted octanol–water partition coefficient (Wildman–Crippen LogP) is 3.78. The summed E-state index contributed by atoms with van der Waals surface area (Å²) in [5, 5.41) is 0. The van der Waals surface area contributed by atoms with Gasteiger partial charge in [0, 0.05) is 16.7 Å². The van der Waals surface area contributed by atoms with Gasteiger partial charge < -0.3 is 4.74 Å². The summed E-state index contributed by atoms with van der Waals surface area (Å²) in [7, 11) is 1.57. The van der Waals surface area contributed by atoms with Crippen molar-refractivity contribution in [3.8, 4) is 5.75 Å². The van der Waals surface area contributed by atoms with Crippen LogP contribution in [-0.2, 0) is 0 Å². The molecule has 3 nitrogen and oxygen atoms in total. The fourth-order valence-corrected chi connectivity index (χ4v) is 3.20. The Morgan fingerprint density at radius 3 is 1.95 bits per heavy atom. The molecule has 2 aromatic carbocycles. The molecular formula is C19H18O3. The van der Waals surface area contributed by atoms with Crippen LogP contribution in [0.25, 0.3) is 0 Å². The summed E-state index contributed by atoms with van der Waals surface area (Å²) in [5.74, 6) is -0.442. The lowest BCUT2D eigenvalue weighted by Crippen LogP contribution is -2.16. The van der Waals surface area contributed by atoms with E-state index < -0.39 is 5.92 Å². The van der Waals surface area contributed by atoms with Crippen LogP contribution in [0.2, 0.25) is 0 Å². The molecule has 0 heterocycles. The number of carbonyl (C=O) groups is 2. The lowest BCUT2D eigenvalue weighted by molar-refractivity contribution is 0.0888. The number of aryl methyl sites for hydroxylation is 1. The number of rotatable bonds is 2. The Morgan fingerprint density at radius 2 is 1.45 bits per heavy atom. The minimum absolute atomic E-state index is 0.134. The molecule has 3 rings (SSSR count). The third kappa shape index (κ3) is 1.89. The number of fused-ring (bicyclic) bond motifs is 1. The number of hydrogen-bond donors (Lipinski definition) is 0. The molecule has 22 heavy (non-hydrogen) atoms. The van der Waals surface area contributed by atoms with Gasteiger partial charge in [0.2, 0.25) is 0 Å². The molecule has 0 atom stereocenters. The van der Waals surface area contributed by atoms with E-state index in [1.54, 1.807) is 31.4 Å². The lowest BCUT2D eigenvalue weighted by atomic mass is 9.86. The minimum Gasteiger partial charge on any atom is -0.496 e. The van der Waals surface area contributed by atoms with Crippen LogP contribution in [0.1, 0.15) is 48.9 Å². The average molecular weight is 294 g/mol. The van der Waals surface area contributed by atoms with Crippen LogP contribution in [0, 0.1) is 20.8 Å². The van der Waals surface area contributed by atoms with Crippen LogP contribution in [0.15, 0.2) is 30.3 Å². The van der Waals surface area contributed by atoms with Gasteiger partial charge >= 0.3 is 0 Å². The highest BCUT2D eigenvalue weighted by atomic mass is 16.5. The topological polar surface area (TPSA) is 43.4 Å². The maximum absolute atomic E-state index is 12.7. The largest absolute Gasteiger partial charge is 0.496 e. The Labute approximate surface area is 129 Å². The molecule has 0 amide bonds. The summed E-state index contributed by atoms with van der Waals surface area (Å²) >= 11 is 0. The molecule has 1 aliphatic carbocycles. The zero-order valence-corrected chi connectivity index (χ0v) is 13.2. The molecule has 3 heteroatoms. The molecular weight excluding hydrogens is 276 g/mol. The Hall–Kier alpha value is -2.42. The monoisotopic (exact) mass is 294 g/mol. The third-order valence-electron chi connectivity index (χ3n) is 4.66. The van der Waals surface area contributed by atoms with Crippen molar-refractivity contribution in [3.63, 3.8) is 0 Å². The van der Waals surface area contributed by atoms with Crippen LogP contribution in [0.4, 0.5) is 0 Å². The van der Waals surface area contributed by atoms with E-state index in [-0.39, 0.29) is 11.6 Å². The van der Waals surface area contributed by atoms with Gasteiger partial charge in [0.05, 0.1) is 7.11 Å². The number of ketones is 2. The van der Waals surface area contributed by atoms with Crippen molar-refractivity contribution in [2.45, 2.75) is 26.7 Å². The second kappa shape index (κ2) is 5.09. The summed E-state index contributed by atoms with van der Waals surface area (Å²) in [5.41, 5.74) is 4.86. The van der Waals surface area contributed by atoms with Crippen molar-refractivity contribution in [1.82, 2.24) is 0 Å². The van der Waals surface area contributed by atoms with Crippen molar-refractivity contribution < 1.29 is 14.3 Å². The Bertz CT molecular complexity index is 768. The van der Waals surface area contributed by atoms with E-state index in [0.29, 0.717) is 22.4 Å². The zero-order valence-electron chi connectivity index (χ0n) is 13.2. The van der Waals surface area contributed by atoms with E-state index in [2.05, 4.69) is 0 Å². The second-order valence-corrected chi connectivity index (χ2v) is 5.77.